The lowest BCUT2D eigenvalue weighted by atomic mass is 10.00. The maximum Gasteiger partial charge on any atom is 0.267 e. The van der Waals surface area contributed by atoms with E-state index in [1.165, 1.54) is 6.42 Å². The molecule has 1 unspecified atom stereocenters. The average Bonchev–Trinajstić information content (AvgIpc) is 3.02. The molecule has 1 aromatic rings. The van der Waals surface area contributed by atoms with Crippen molar-refractivity contribution in [2.45, 2.75) is 76.5 Å². The first kappa shape index (κ1) is 18.4. The van der Waals surface area contributed by atoms with Gasteiger partial charge in [0.25, 0.3) is 5.56 Å². The van der Waals surface area contributed by atoms with Gasteiger partial charge < -0.3 is 15.3 Å². The minimum absolute atomic E-state index is 0.0473. The molecule has 2 fully saturated rings. The van der Waals surface area contributed by atoms with Crippen molar-refractivity contribution >= 4 is 5.82 Å². The lowest BCUT2D eigenvalue weighted by Gasteiger charge is -2.37. The fourth-order valence-electron chi connectivity index (χ4n) is 4.13. The molecular formula is C19H32N4O2. The first-order chi connectivity index (χ1) is 12.0. The highest BCUT2D eigenvalue weighted by molar-refractivity contribution is 5.39. The Labute approximate surface area is 150 Å². The number of piperidine rings is 1. The van der Waals surface area contributed by atoms with Gasteiger partial charge in [0.1, 0.15) is 5.82 Å². The highest BCUT2D eigenvalue weighted by atomic mass is 16.3. The first-order valence-electron chi connectivity index (χ1n) is 9.78. The summed E-state index contributed by atoms with van der Waals surface area (Å²) in [6, 6.07) is 3.90. The van der Waals surface area contributed by atoms with E-state index in [1.54, 1.807) is 10.7 Å². The maximum absolute atomic E-state index is 12.0. The van der Waals surface area contributed by atoms with Crippen molar-refractivity contribution < 1.29 is 5.11 Å². The summed E-state index contributed by atoms with van der Waals surface area (Å²) in [6.07, 6.45) is 7.58. The molecule has 2 heterocycles. The van der Waals surface area contributed by atoms with Crippen molar-refractivity contribution in [2.75, 3.05) is 24.5 Å². The van der Waals surface area contributed by atoms with Gasteiger partial charge in [-0.2, -0.15) is 5.10 Å². The summed E-state index contributed by atoms with van der Waals surface area (Å²) in [4.78, 5) is 14.3. The fourth-order valence-corrected chi connectivity index (χ4v) is 4.13. The lowest BCUT2D eigenvalue weighted by molar-refractivity contribution is 0.0474. The molecule has 1 saturated carbocycles. The monoisotopic (exact) mass is 348 g/mol. The Morgan fingerprint density at radius 3 is 2.76 bits per heavy atom. The molecule has 0 spiro atoms. The normalized spacial score (nSPS) is 23.4. The molecule has 6 nitrogen and oxygen atoms in total. The molecule has 1 atom stereocenters. The molecule has 0 amide bonds. The number of nitrogens with zero attached hydrogens (tertiary/aromatic N) is 3. The number of nitrogens with one attached hydrogen (secondary N) is 1. The molecule has 1 aromatic heterocycles. The van der Waals surface area contributed by atoms with E-state index in [0.717, 1.165) is 57.4 Å². The van der Waals surface area contributed by atoms with Gasteiger partial charge in [0.05, 0.1) is 11.6 Å². The molecular weight excluding hydrogens is 316 g/mol. The minimum Gasteiger partial charge on any atom is -0.389 e. The van der Waals surface area contributed by atoms with Crippen LogP contribution >= 0.6 is 0 Å². The van der Waals surface area contributed by atoms with E-state index in [1.807, 2.05) is 19.9 Å². The third-order valence-corrected chi connectivity index (χ3v) is 5.59. The Morgan fingerprint density at radius 2 is 2.04 bits per heavy atom. The predicted octanol–water partition coefficient (Wildman–Crippen LogP) is 2.08. The SMILES string of the molecule is CC(C)n1nc(N2CCCCC2CNCC2(O)CCCC2)ccc1=O. The van der Waals surface area contributed by atoms with Gasteiger partial charge in [-0.25, -0.2) is 4.68 Å². The third-order valence-electron chi connectivity index (χ3n) is 5.59. The van der Waals surface area contributed by atoms with Crippen LogP contribution in [0.2, 0.25) is 0 Å². The zero-order valence-corrected chi connectivity index (χ0v) is 15.6. The number of aliphatic hydroxyl groups is 1. The van der Waals surface area contributed by atoms with Gasteiger partial charge in [0, 0.05) is 31.7 Å². The molecule has 1 aliphatic carbocycles. The van der Waals surface area contributed by atoms with E-state index < -0.39 is 5.60 Å². The summed E-state index contributed by atoms with van der Waals surface area (Å²) in [5, 5.41) is 18.6. The minimum atomic E-state index is -0.511. The summed E-state index contributed by atoms with van der Waals surface area (Å²) in [5.74, 6) is 0.888. The van der Waals surface area contributed by atoms with Gasteiger partial charge in [-0.3, -0.25) is 4.79 Å². The molecule has 0 radical (unpaired) electrons. The van der Waals surface area contributed by atoms with Crippen molar-refractivity contribution in [3.8, 4) is 0 Å². The Bertz CT molecular complexity index is 622. The van der Waals surface area contributed by atoms with Gasteiger partial charge in [0.2, 0.25) is 0 Å². The van der Waals surface area contributed by atoms with Crippen LogP contribution < -0.4 is 15.8 Å². The van der Waals surface area contributed by atoms with Crippen molar-refractivity contribution in [2.24, 2.45) is 0 Å². The van der Waals surface area contributed by atoms with Crippen LogP contribution in [0.25, 0.3) is 0 Å². The Balaban J connectivity index is 1.66. The number of hydrogen-bond donors (Lipinski definition) is 2. The van der Waals surface area contributed by atoms with Gasteiger partial charge >= 0.3 is 0 Å². The highest BCUT2D eigenvalue weighted by Crippen LogP contribution is 2.29. The van der Waals surface area contributed by atoms with Crippen LogP contribution in [0.1, 0.15) is 64.8 Å². The molecule has 0 aromatic carbocycles. The zero-order chi connectivity index (χ0) is 17.9. The third kappa shape index (κ3) is 4.42. The molecule has 2 aliphatic rings. The smallest absolute Gasteiger partial charge is 0.267 e. The van der Waals surface area contributed by atoms with Crippen LogP contribution in [0.5, 0.6) is 0 Å². The highest BCUT2D eigenvalue weighted by Gasteiger charge is 2.31. The van der Waals surface area contributed by atoms with Gasteiger partial charge in [0.15, 0.2) is 0 Å². The summed E-state index contributed by atoms with van der Waals surface area (Å²) >= 11 is 0. The van der Waals surface area contributed by atoms with Crippen LogP contribution in [0, 0.1) is 0 Å². The Kier molecular flexibility index (Phi) is 5.79. The van der Waals surface area contributed by atoms with Crippen LogP contribution in [0.4, 0.5) is 5.82 Å². The number of hydrogen-bond acceptors (Lipinski definition) is 5. The second-order valence-electron chi connectivity index (χ2n) is 7.97. The molecule has 0 bridgehead atoms. The van der Waals surface area contributed by atoms with Crippen molar-refractivity contribution in [1.29, 1.82) is 0 Å². The standard InChI is InChI=1S/C19H32N4O2/c1-15(2)23-18(24)9-8-17(21-23)22-12-6-3-7-16(22)13-20-14-19(25)10-4-5-11-19/h8-9,15-16,20,25H,3-7,10-14H2,1-2H3. The lowest BCUT2D eigenvalue weighted by Crippen LogP contribution is -2.49. The van der Waals surface area contributed by atoms with E-state index in [2.05, 4.69) is 15.3 Å². The second-order valence-corrected chi connectivity index (χ2v) is 7.97. The fraction of sp³-hybridized carbons (Fsp3) is 0.789. The largest absolute Gasteiger partial charge is 0.389 e. The molecule has 2 N–H and O–H groups in total. The topological polar surface area (TPSA) is 70.4 Å². The second kappa shape index (κ2) is 7.87. The number of aromatic nitrogens is 2. The van der Waals surface area contributed by atoms with E-state index in [0.29, 0.717) is 12.6 Å². The van der Waals surface area contributed by atoms with E-state index in [9.17, 15) is 9.90 Å². The van der Waals surface area contributed by atoms with Crippen LogP contribution in [-0.4, -0.2) is 46.2 Å². The summed E-state index contributed by atoms with van der Waals surface area (Å²) in [7, 11) is 0. The zero-order valence-electron chi connectivity index (χ0n) is 15.6. The van der Waals surface area contributed by atoms with Crippen LogP contribution in [0.3, 0.4) is 0 Å². The van der Waals surface area contributed by atoms with Crippen molar-refractivity contribution in [3.05, 3.63) is 22.5 Å². The number of rotatable bonds is 6. The van der Waals surface area contributed by atoms with Crippen molar-refractivity contribution in [3.63, 3.8) is 0 Å². The quantitative estimate of drug-likeness (QED) is 0.824. The molecule has 3 rings (SSSR count). The molecule has 25 heavy (non-hydrogen) atoms. The summed E-state index contributed by atoms with van der Waals surface area (Å²) in [5.41, 5.74) is -0.559. The first-order valence-corrected chi connectivity index (χ1v) is 9.78. The summed E-state index contributed by atoms with van der Waals surface area (Å²) in [6.45, 7) is 6.46. The van der Waals surface area contributed by atoms with Gasteiger partial charge in [-0.05, 0) is 52.0 Å². The molecule has 1 aliphatic heterocycles. The molecule has 140 valence electrons. The Morgan fingerprint density at radius 1 is 1.28 bits per heavy atom. The van der Waals surface area contributed by atoms with E-state index in [4.69, 9.17) is 0 Å². The predicted molar refractivity (Wildman–Crippen MR) is 100 cm³/mol. The number of anilines is 1. The van der Waals surface area contributed by atoms with Gasteiger partial charge in [-0.1, -0.05) is 12.8 Å². The Hall–Kier alpha value is -1.40. The van der Waals surface area contributed by atoms with Crippen LogP contribution in [-0.2, 0) is 0 Å². The van der Waals surface area contributed by atoms with Crippen LogP contribution in [0.15, 0.2) is 16.9 Å². The molecule has 1 saturated heterocycles. The van der Waals surface area contributed by atoms with E-state index >= 15 is 0 Å². The molecule has 6 heteroatoms. The van der Waals surface area contributed by atoms with Crippen molar-refractivity contribution in [1.82, 2.24) is 15.1 Å². The summed E-state index contributed by atoms with van der Waals surface area (Å²) < 4.78 is 1.57. The van der Waals surface area contributed by atoms with Gasteiger partial charge in [-0.15, -0.1) is 0 Å². The average molecular weight is 348 g/mol. The van der Waals surface area contributed by atoms with E-state index in [-0.39, 0.29) is 11.6 Å². The maximum atomic E-state index is 12.0.